The minimum atomic E-state index is -0.175. The number of hydrogen-bond acceptors (Lipinski definition) is 3. The van der Waals surface area contributed by atoms with Crippen LogP contribution in [0.1, 0.15) is 25.0 Å². The SMILES string of the molecule is CC1(C)c2ccccc2-c2c1c1cnccc1c1c3ccccc3n(-c3ncc4c(ccc5ccccc54)n3)c21. The second-order valence-corrected chi connectivity index (χ2v) is 11.3. The molecule has 8 aromatic rings. The summed E-state index contributed by atoms with van der Waals surface area (Å²) in [5, 5.41) is 8.27. The number of hydrogen-bond donors (Lipinski definition) is 0. The first-order valence-corrected chi connectivity index (χ1v) is 13.7. The molecule has 0 amide bonds. The van der Waals surface area contributed by atoms with Gasteiger partial charge >= 0.3 is 0 Å². The Hall–Kier alpha value is -5.09. The third-order valence-electron chi connectivity index (χ3n) is 8.89. The largest absolute Gasteiger partial charge is 0.277 e. The predicted octanol–water partition coefficient (Wildman–Crippen LogP) is 8.73. The van der Waals surface area contributed by atoms with Gasteiger partial charge in [0.25, 0.3) is 0 Å². The summed E-state index contributed by atoms with van der Waals surface area (Å²) in [6, 6.07) is 32.3. The number of rotatable bonds is 1. The van der Waals surface area contributed by atoms with E-state index < -0.39 is 0 Å². The summed E-state index contributed by atoms with van der Waals surface area (Å²) in [6.45, 7) is 4.67. The van der Waals surface area contributed by atoms with Crippen LogP contribution in [0.15, 0.2) is 110 Å². The van der Waals surface area contributed by atoms with Crippen molar-refractivity contribution in [3.05, 3.63) is 121 Å². The number of nitrogens with zero attached hydrogens (tertiary/aromatic N) is 4. The van der Waals surface area contributed by atoms with Crippen molar-refractivity contribution in [3.63, 3.8) is 0 Å². The zero-order valence-electron chi connectivity index (χ0n) is 22.2. The van der Waals surface area contributed by atoms with E-state index in [1.54, 1.807) is 0 Å². The summed E-state index contributed by atoms with van der Waals surface area (Å²) in [4.78, 5) is 14.8. The lowest BCUT2D eigenvalue weighted by Crippen LogP contribution is -2.15. The number of para-hydroxylation sites is 1. The van der Waals surface area contributed by atoms with Gasteiger partial charge in [-0.3, -0.25) is 9.55 Å². The Kier molecular flexibility index (Phi) is 4.10. The van der Waals surface area contributed by atoms with Crippen LogP contribution in [0.2, 0.25) is 0 Å². The molecule has 3 heterocycles. The first-order valence-electron chi connectivity index (χ1n) is 13.7. The van der Waals surface area contributed by atoms with Crippen molar-refractivity contribution in [2.45, 2.75) is 19.3 Å². The fraction of sp³-hybridized carbons (Fsp3) is 0.0833. The zero-order valence-corrected chi connectivity index (χ0v) is 22.2. The molecule has 4 nitrogen and oxygen atoms in total. The summed E-state index contributed by atoms with van der Waals surface area (Å²) in [5.74, 6) is 0.687. The molecule has 0 saturated heterocycles. The summed E-state index contributed by atoms with van der Waals surface area (Å²) in [6.07, 6.45) is 5.95. The Bertz CT molecular complexity index is 2360. The number of pyridine rings is 1. The van der Waals surface area contributed by atoms with E-state index in [4.69, 9.17) is 9.97 Å². The quantitative estimate of drug-likeness (QED) is 0.207. The molecule has 1 aliphatic carbocycles. The molecule has 0 aliphatic heterocycles. The predicted molar refractivity (Wildman–Crippen MR) is 164 cm³/mol. The minimum Gasteiger partial charge on any atom is -0.277 e. The molecule has 3 aromatic heterocycles. The maximum absolute atomic E-state index is 5.21. The zero-order chi connectivity index (χ0) is 26.6. The highest BCUT2D eigenvalue weighted by atomic mass is 15.2. The van der Waals surface area contributed by atoms with Crippen LogP contribution < -0.4 is 0 Å². The minimum absolute atomic E-state index is 0.175. The standard InChI is InChI=1S/C36H24N4/c1-36(2)28-13-7-5-11-24(28)32-33(36)27-19-37-18-17-23(27)31-25-12-6-8-14-30(25)40(34(31)32)35-38-20-26-22-10-4-3-9-21(22)15-16-29(26)39-35/h3-20H,1-2H3. The van der Waals surface area contributed by atoms with E-state index in [2.05, 4.69) is 114 Å². The second kappa shape index (κ2) is 7.51. The Balaban J connectivity index is 1.51. The fourth-order valence-electron chi connectivity index (χ4n) is 7.20. The highest BCUT2D eigenvalue weighted by Gasteiger charge is 2.40. The van der Waals surface area contributed by atoms with Crippen molar-refractivity contribution in [1.29, 1.82) is 0 Å². The molecule has 0 saturated carbocycles. The van der Waals surface area contributed by atoms with E-state index >= 15 is 0 Å². The molecule has 0 unspecified atom stereocenters. The molecule has 0 bridgehead atoms. The lowest BCUT2D eigenvalue weighted by molar-refractivity contribution is 0.666. The second-order valence-electron chi connectivity index (χ2n) is 11.3. The van der Waals surface area contributed by atoms with Gasteiger partial charge in [0.15, 0.2) is 0 Å². The summed E-state index contributed by atoms with van der Waals surface area (Å²) in [5.41, 5.74) is 8.22. The van der Waals surface area contributed by atoms with Gasteiger partial charge < -0.3 is 0 Å². The van der Waals surface area contributed by atoms with Gasteiger partial charge in [-0.05, 0) is 51.0 Å². The third kappa shape index (κ3) is 2.63. The summed E-state index contributed by atoms with van der Waals surface area (Å²) < 4.78 is 2.29. The van der Waals surface area contributed by atoms with Gasteiger partial charge in [0, 0.05) is 51.1 Å². The van der Waals surface area contributed by atoms with Gasteiger partial charge in [0.05, 0.1) is 16.6 Å². The highest BCUT2D eigenvalue weighted by molar-refractivity contribution is 6.27. The fourth-order valence-corrected chi connectivity index (χ4v) is 7.20. The van der Waals surface area contributed by atoms with Crippen LogP contribution in [0, 0.1) is 0 Å². The van der Waals surface area contributed by atoms with Crippen molar-refractivity contribution in [3.8, 4) is 17.1 Å². The van der Waals surface area contributed by atoms with Crippen molar-refractivity contribution >= 4 is 54.3 Å². The maximum Gasteiger partial charge on any atom is 0.235 e. The van der Waals surface area contributed by atoms with Crippen molar-refractivity contribution in [2.24, 2.45) is 0 Å². The van der Waals surface area contributed by atoms with Gasteiger partial charge in [-0.2, -0.15) is 0 Å². The van der Waals surface area contributed by atoms with Gasteiger partial charge in [-0.1, -0.05) is 86.6 Å². The third-order valence-corrected chi connectivity index (χ3v) is 8.89. The molecule has 0 spiro atoms. The van der Waals surface area contributed by atoms with Gasteiger partial charge in [-0.15, -0.1) is 0 Å². The molecule has 4 heteroatoms. The molecule has 188 valence electrons. The van der Waals surface area contributed by atoms with Crippen LogP contribution in [0.5, 0.6) is 0 Å². The van der Waals surface area contributed by atoms with Crippen LogP contribution in [0.3, 0.4) is 0 Å². The number of benzene rings is 5. The topological polar surface area (TPSA) is 43.6 Å². The molecule has 9 rings (SSSR count). The van der Waals surface area contributed by atoms with E-state index in [0.717, 1.165) is 21.9 Å². The lowest BCUT2D eigenvalue weighted by atomic mass is 9.80. The van der Waals surface area contributed by atoms with E-state index in [1.807, 2.05) is 18.6 Å². The van der Waals surface area contributed by atoms with Gasteiger partial charge in [0.2, 0.25) is 5.95 Å². The number of fused-ring (bicyclic) bond motifs is 13. The smallest absolute Gasteiger partial charge is 0.235 e. The molecule has 0 atom stereocenters. The first kappa shape index (κ1) is 21.8. The monoisotopic (exact) mass is 512 g/mol. The average Bonchev–Trinajstić information content (AvgIpc) is 3.47. The molecule has 5 aromatic carbocycles. The van der Waals surface area contributed by atoms with Crippen LogP contribution in [-0.4, -0.2) is 19.5 Å². The molecular weight excluding hydrogens is 488 g/mol. The molecular formula is C36H24N4. The van der Waals surface area contributed by atoms with Crippen molar-refractivity contribution in [1.82, 2.24) is 19.5 Å². The van der Waals surface area contributed by atoms with E-state index in [-0.39, 0.29) is 5.41 Å². The van der Waals surface area contributed by atoms with Crippen LogP contribution >= 0.6 is 0 Å². The van der Waals surface area contributed by atoms with Crippen molar-refractivity contribution in [2.75, 3.05) is 0 Å². The average molecular weight is 513 g/mol. The number of aromatic nitrogens is 4. The van der Waals surface area contributed by atoms with Crippen LogP contribution in [0.25, 0.3) is 71.3 Å². The lowest BCUT2D eigenvalue weighted by Gasteiger charge is -2.23. The Morgan fingerprint density at radius 3 is 2.40 bits per heavy atom. The van der Waals surface area contributed by atoms with Crippen LogP contribution in [-0.2, 0) is 5.41 Å². The van der Waals surface area contributed by atoms with Crippen molar-refractivity contribution < 1.29 is 0 Å². The van der Waals surface area contributed by atoms with E-state index in [9.17, 15) is 0 Å². The van der Waals surface area contributed by atoms with Gasteiger partial charge in [0.1, 0.15) is 0 Å². The molecule has 40 heavy (non-hydrogen) atoms. The van der Waals surface area contributed by atoms with Crippen LogP contribution in [0.4, 0.5) is 0 Å². The van der Waals surface area contributed by atoms with Gasteiger partial charge in [-0.25, -0.2) is 9.97 Å². The summed E-state index contributed by atoms with van der Waals surface area (Å²) >= 11 is 0. The maximum atomic E-state index is 5.21. The molecule has 0 N–H and O–H groups in total. The Morgan fingerprint density at radius 1 is 0.675 bits per heavy atom. The Labute approximate surface area is 230 Å². The normalized spacial score (nSPS) is 13.9. The first-order chi connectivity index (χ1) is 19.6. The summed E-state index contributed by atoms with van der Waals surface area (Å²) in [7, 11) is 0. The van der Waals surface area contributed by atoms with E-state index in [0.29, 0.717) is 5.95 Å². The molecule has 1 aliphatic rings. The molecule has 0 fully saturated rings. The molecule has 0 radical (unpaired) electrons. The highest BCUT2D eigenvalue weighted by Crippen LogP contribution is 2.55. The Morgan fingerprint density at radius 2 is 1.48 bits per heavy atom. The van der Waals surface area contributed by atoms with E-state index in [1.165, 1.54) is 54.6 Å².